The fraction of sp³-hybridized carbons (Fsp3) is 0.536. The molecule has 2 aliphatic carbocycles. The molecule has 0 aromatic heterocycles. The fourth-order valence-corrected chi connectivity index (χ4v) is 6.37. The Labute approximate surface area is 197 Å². The molecule has 5 heteroatoms. The second-order valence-corrected chi connectivity index (χ2v) is 10.9. The Morgan fingerprint density at radius 1 is 1.06 bits per heavy atom. The highest BCUT2D eigenvalue weighted by Crippen LogP contribution is 2.61. The van der Waals surface area contributed by atoms with Crippen LogP contribution in [0.4, 0.5) is 10.5 Å². The number of ether oxygens (including phenoxy) is 1. The third-order valence-corrected chi connectivity index (χ3v) is 8.66. The van der Waals surface area contributed by atoms with Crippen LogP contribution in [0.15, 0.2) is 42.5 Å². The maximum absolute atomic E-state index is 13.0. The number of aryl methyl sites for hydroxylation is 1. The normalized spacial score (nSPS) is 28.8. The highest BCUT2D eigenvalue weighted by molar-refractivity contribution is 5.71. The summed E-state index contributed by atoms with van der Waals surface area (Å²) in [5.74, 6) is 0.537. The van der Waals surface area contributed by atoms with Gasteiger partial charge >= 0.3 is 6.09 Å². The molecule has 2 aromatic rings. The minimum absolute atomic E-state index is 0.0528. The van der Waals surface area contributed by atoms with Gasteiger partial charge in [0.15, 0.2) is 0 Å². The molecule has 2 atom stereocenters. The van der Waals surface area contributed by atoms with Crippen molar-refractivity contribution in [3.05, 3.63) is 53.6 Å². The highest BCUT2D eigenvalue weighted by Gasteiger charge is 2.53. The Morgan fingerprint density at radius 2 is 1.85 bits per heavy atom. The molecule has 7 rings (SSSR count). The van der Waals surface area contributed by atoms with Crippen molar-refractivity contribution in [3.63, 3.8) is 0 Å². The lowest BCUT2D eigenvalue weighted by Gasteiger charge is -2.44. The van der Waals surface area contributed by atoms with E-state index in [0.29, 0.717) is 5.92 Å². The summed E-state index contributed by atoms with van der Waals surface area (Å²) in [5.41, 5.74) is 6.58. The van der Waals surface area contributed by atoms with Gasteiger partial charge < -0.3 is 15.0 Å². The summed E-state index contributed by atoms with van der Waals surface area (Å²) in [7, 11) is 4.15. The second-order valence-electron chi connectivity index (χ2n) is 10.9. The number of rotatable bonds is 4. The molecule has 1 unspecified atom stereocenters. The number of carbonyl (C=O) groups is 1. The molecule has 1 N–H and O–H groups in total. The van der Waals surface area contributed by atoms with Crippen LogP contribution in [-0.2, 0) is 11.2 Å². The van der Waals surface area contributed by atoms with Crippen molar-refractivity contribution in [2.24, 2.45) is 11.3 Å². The predicted octanol–water partition coefficient (Wildman–Crippen LogP) is 5.01. The quantitative estimate of drug-likeness (QED) is 0.719. The maximum Gasteiger partial charge on any atom is 0.407 e. The number of nitrogens with one attached hydrogen (secondary N) is 1. The molecule has 1 spiro atoms. The molecule has 4 fully saturated rings. The first-order valence-electron chi connectivity index (χ1n) is 12.6. The van der Waals surface area contributed by atoms with Crippen LogP contribution in [0.3, 0.4) is 0 Å². The van der Waals surface area contributed by atoms with Gasteiger partial charge in [-0.1, -0.05) is 30.3 Å². The topological polar surface area (TPSA) is 44.8 Å². The van der Waals surface area contributed by atoms with E-state index in [1.54, 1.807) is 0 Å². The standard InChI is InChI=1S/C28H35N3O2/c1-30(2)23-5-3-4-20(17-23)21-6-7-24-22(16-21)8-11-28(12-13-28)26(24)29-27(32)33-25-18-31-14-9-19(25)10-15-31/h3-7,16-17,19,25-26H,8-15,18H2,1-2H3,(H,29,32)/t25-,26?/m1/s1. The highest BCUT2D eigenvalue weighted by atomic mass is 16.6. The van der Waals surface area contributed by atoms with E-state index in [1.807, 2.05) is 0 Å². The molecule has 3 heterocycles. The molecule has 2 aromatic carbocycles. The van der Waals surface area contributed by atoms with Gasteiger partial charge in [0.1, 0.15) is 6.10 Å². The summed E-state index contributed by atoms with van der Waals surface area (Å²) in [6, 6.07) is 15.6. The van der Waals surface area contributed by atoms with Gasteiger partial charge in [0.25, 0.3) is 0 Å². The van der Waals surface area contributed by atoms with Gasteiger partial charge in [-0.25, -0.2) is 4.79 Å². The van der Waals surface area contributed by atoms with Crippen molar-refractivity contribution >= 4 is 11.8 Å². The van der Waals surface area contributed by atoms with E-state index in [1.165, 1.54) is 40.8 Å². The number of benzene rings is 2. The van der Waals surface area contributed by atoms with Crippen molar-refractivity contribution < 1.29 is 9.53 Å². The zero-order valence-corrected chi connectivity index (χ0v) is 19.8. The zero-order valence-electron chi connectivity index (χ0n) is 19.8. The number of nitrogens with zero attached hydrogens (tertiary/aromatic N) is 2. The first-order valence-corrected chi connectivity index (χ1v) is 12.6. The lowest BCUT2D eigenvalue weighted by molar-refractivity contribution is -0.0347. The molecule has 3 aliphatic heterocycles. The van der Waals surface area contributed by atoms with Gasteiger partial charge in [0.2, 0.25) is 0 Å². The summed E-state index contributed by atoms with van der Waals surface area (Å²) < 4.78 is 6.00. The molecule has 33 heavy (non-hydrogen) atoms. The van der Waals surface area contributed by atoms with Crippen LogP contribution in [0.2, 0.25) is 0 Å². The van der Waals surface area contributed by atoms with Crippen LogP contribution < -0.4 is 10.2 Å². The van der Waals surface area contributed by atoms with Crippen LogP contribution in [0.5, 0.6) is 0 Å². The van der Waals surface area contributed by atoms with Crippen molar-refractivity contribution in [2.45, 2.75) is 50.7 Å². The van der Waals surface area contributed by atoms with E-state index in [9.17, 15) is 4.79 Å². The molecular weight excluding hydrogens is 410 g/mol. The van der Waals surface area contributed by atoms with Gasteiger partial charge in [-0.05, 0) is 97.3 Å². The van der Waals surface area contributed by atoms with Gasteiger partial charge in [-0.3, -0.25) is 4.90 Å². The van der Waals surface area contributed by atoms with E-state index in [0.717, 1.165) is 45.3 Å². The molecule has 1 amide bonds. The number of hydrogen-bond donors (Lipinski definition) is 1. The van der Waals surface area contributed by atoms with E-state index in [4.69, 9.17) is 4.74 Å². The molecule has 5 nitrogen and oxygen atoms in total. The summed E-state index contributed by atoms with van der Waals surface area (Å²) in [6.07, 6.45) is 6.78. The van der Waals surface area contributed by atoms with E-state index < -0.39 is 0 Å². The Bertz CT molecular complexity index is 1050. The van der Waals surface area contributed by atoms with Crippen LogP contribution in [0.1, 0.15) is 49.3 Å². The average Bonchev–Trinajstić information content (AvgIpc) is 3.62. The number of alkyl carbamates (subject to hydrolysis) is 1. The molecule has 1 saturated carbocycles. The van der Waals surface area contributed by atoms with E-state index >= 15 is 0 Å². The minimum atomic E-state index is -0.222. The Balaban J connectivity index is 1.22. The number of anilines is 1. The lowest BCUT2D eigenvalue weighted by Crippen LogP contribution is -2.53. The zero-order chi connectivity index (χ0) is 22.6. The number of amides is 1. The van der Waals surface area contributed by atoms with Gasteiger partial charge in [-0.2, -0.15) is 0 Å². The third-order valence-electron chi connectivity index (χ3n) is 8.66. The SMILES string of the molecule is CN(C)c1cccc(-c2ccc3c(c2)CCC2(CC2)C3NC(=O)O[C@@H]2CN3CCC2CC3)c1. The van der Waals surface area contributed by atoms with Crippen LogP contribution in [0.25, 0.3) is 11.1 Å². The van der Waals surface area contributed by atoms with Crippen LogP contribution >= 0.6 is 0 Å². The molecular formula is C28H35N3O2. The molecule has 0 radical (unpaired) electrons. The Kier molecular flexibility index (Phi) is 5.13. The summed E-state index contributed by atoms with van der Waals surface area (Å²) in [5, 5.41) is 3.33. The second kappa shape index (κ2) is 8.05. The predicted molar refractivity (Wildman–Crippen MR) is 132 cm³/mol. The fourth-order valence-electron chi connectivity index (χ4n) is 6.37. The van der Waals surface area contributed by atoms with Crippen molar-refractivity contribution in [1.82, 2.24) is 10.2 Å². The van der Waals surface area contributed by atoms with E-state index in [-0.39, 0.29) is 23.7 Å². The first kappa shape index (κ1) is 21.0. The molecule has 2 bridgehead atoms. The number of piperidine rings is 3. The molecule has 5 aliphatic rings. The van der Waals surface area contributed by atoms with Crippen molar-refractivity contribution in [3.8, 4) is 11.1 Å². The van der Waals surface area contributed by atoms with E-state index in [2.05, 4.69) is 71.7 Å². The first-order chi connectivity index (χ1) is 16.0. The smallest absolute Gasteiger partial charge is 0.407 e. The number of hydrogen-bond acceptors (Lipinski definition) is 4. The van der Waals surface area contributed by atoms with Crippen LogP contribution in [0, 0.1) is 11.3 Å². The maximum atomic E-state index is 13.0. The van der Waals surface area contributed by atoms with Crippen LogP contribution in [-0.4, -0.2) is 50.8 Å². The summed E-state index contributed by atoms with van der Waals surface area (Å²) in [4.78, 5) is 17.6. The monoisotopic (exact) mass is 445 g/mol. The largest absolute Gasteiger partial charge is 0.445 e. The van der Waals surface area contributed by atoms with Crippen molar-refractivity contribution in [2.75, 3.05) is 38.6 Å². The van der Waals surface area contributed by atoms with Gasteiger partial charge in [0.05, 0.1) is 6.04 Å². The molecule has 174 valence electrons. The van der Waals surface area contributed by atoms with Gasteiger partial charge in [-0.15, -0.1) is 0 Å². The average molecular weight is 446 g/mol. The minimum Gasteiger partial charge on any atom is -0.445 e. The molecule has 3 saturated heterocycles. The Morgan fingerprint density at radius 3 is 2.55 bits per heavy atom. The number of carbonyl (C=O) groups excluding carboxylic acids is 1. The third kappa shape index (κ3) is 3.90. The summed E-state index contributed by atoms with van der Waals surface area (Å²) in [6.45, 7) is 3.22. The number of fused-ring (bicyclic) bond motifs is 4. The van der Waals surface area contributed by atoms with Gasteiger partial charge in [0, 0.05) is 26.3 Å². The summed E-state index contributed by atoms with van der Waals surface area (Å²) >= 11 is 0. The Hall–Kier alpha value is -2.53. The lowest BCUT2D eigenvalue weighted by atomic mass is 9.76. The van der Waals surface area contributed by atoms with Crippen molar-refractivity contribution in [1.29, 1.82) is 0 Å².